The van der Waals surface area contributed by atoms with Crippen molar-refractivity contribution in [1.29, 1.82) is 0 Å². The zero-order chi connectivity index (χ0) is 12.3. The number of anilines is 1. The van der Waals surface area contributed by atoms with Gasteiger partial charge in [0.05, 0.1) is 17.4 Å². The fourth-order valence-electron chi connectivity index (χ4n) is 2.44. The Morgan fingerprint density at radius 3 is 3.18 bits per heavy atom. The number of carbonyl (C=O) groups is 1. The van der Waals surface area contributed by atoms with Gasteiger partial charge in [-0.25, -0.2) is 4.79 Å². The smallest absolute Gasteiger partial charge is 0.337 e. The van der Waals surface area contributed by atoms with E-state index in [4.69, 9.17) is 5.11 Å². The number of rotatable bonds is 3. The predicted molar refractivity (Wildman–Crippen MR) is 66.4 cm³/mol. The highest BCUT2D eigenvalue weighted by molar-refractivity contribution is 5.94. The van der Waals surface area contributed by atoms with Crippen molar-refractivity contribution >= 4 is 11.7 Å². The van der Waals surface area contributed by atoms with Crippen LogP contribution < -0.4 is 4.90 Å². The number of hydrogen-bond donors (Lipinski definition) is 1. The summed E-state index contributed by atoms with van der Waals surface area (Å²) in [5, 5.41) is 9.16. The average Bonchev–Trinajstić information content (AvgIpc) is 2.39. The van der Waals surface area contributed by atoms with Gasteiger partial charge in [0.15, 0.2) is 0 Å². The number of carboxylic acids is 1. The number of aromatic carboxylic acids is 1. The summed E-state index contributed by atoms with van der Waals surface area (Å²) in [6.07, 6.45) is 6.73. The van der Waals surface area contributed by atoms with Crippen LogP contribution in [0, 0.1) is 5.92 Å². The fourth-order valence-corrected chi connectivity index (χ4v) is 2.44. The lowest BCUT2D eigenvalue weighted by Gasteiger charge is -2.34. The third-order valence-corrected chi connectivity index (χ3v) is 3.47. The fraction of sp³-hybridized carbons (Fsp3) is 0.538. The second kappa shape index (κ2) is 5.17. The monoisotopic (exact) mass is 234 g/mol. The molecule has 92 valence electrons. The van der Waals surface area contributed by atoms with Crippen molar-refractivity contribution in [2.45, 2.75) is 26.2 Å². The van der Waals surface area contributed by atoms with E-state index in [1.54, 1.807) is 12.3 Å². The lowest BCUT2D eigenvalue weighted by molar-refractivity contribution is 0.0697. The SMILES string of the molecule is CCC1CCCN(c2cnccc2C(=O)O)C1. The Balaban J connectivity index is 2.24. The normalized spacial score (nSPS) is 20.3. The summed E-state index contributed by atoms with van der Waals surface area (Å²) >= 11 is 0. The molecule has 1 unspecified atom stereocenters. The highest BCUT2D eigenvalue weighted by atomic mass is 16.4. The molecule has 4 nitrogen and oxygen atoms in total. The van der Waals surface area contributed by atoms with E-state index in [1.807, 2.05) is 0 Å². The van der Waals surface area contributed by atoms with Crippen molar-refractivity contribution in [3.63, 3.8) is 0 Å². The average molecular weight is 234 g/mol. The van der Waals surface area contributed by atoms with E-state index < -0.39 is 5.97 Å². The van der Waals surface area contributed by atoms with Gasteiger partial charge >= 0.3 is 5.97 Å². The van der Waals surface area contributed by atoms with E-state index in [0.29, 0.717) is 11.5 Å². The molecule has 2 rings (SSSR count). The second-order valence-electron chi connectivity index (χ2n) is 4.56. The van der Waals surface area contributed by atoms with E-state index in [1.165, 1.54) is 12.6 Å². The zero-order valence-electron chi connectivity index (χ0n) is 10.1. The van der Waals surface area contributed by atoms with Crippen molar-refractivity contribution in [2.24, 2.45) is 5.92 Å². The summed E-state index contributed by atoms with van der Waals surface area (Å²) < 4.78 is 0. The number of piperidine rings is 1. The lowest BCUT2D eigenvalue weighted by atomic mass is 9.95. The van der Waals surface area contributed by atoms with Gasteiger partial charge < -0.3 is 10.0 Å². The van der Waals surface area contributed by atoms with E-state index >= 15 is 0 Å². The van der Waals surface area contributed by atoms with Crippen LogP contribution in [0.3, 0.4) is 0 Å². The zero-order valence-corrected chi connectivity index (χ0v) is 10.1. The maximum absolute atomic E-state index is 11.2. The summed E-state index contributed by atoms with van der Waals surface area (Å²) in [4.78, 5) is 17.4. The summed E-state index contributed by atoms with van der Waals surface area (Å²) in [5.41, 5.74) is 1.12. The Kier molecular flexibility index (Phi) is 3.61. The van der Waals surface area contributed by atoms with Crippen molar-refractivity contribution < 1.29 is 9.90 Å². The summed E-state index contributed by atoms with van der Waals surface area (Å²) in [6, 6.07) is 1.58. The Morgan fingerprint density at radius 2 is 2.47 bits per heavy atom. The van der Waals surface area contributed by atoms with Gasteiger partial charge in [-0.3, -0.25) is 4.98 Å². The molecule has 1 aromatic heterocycles. The standard InChI is InChI=1S/C13H18N2O2/c1-2-10-4-3-7-15(9-10)12-8-14-6-5-11(12)13(16)17/h5-6,8,10H,2-4,7,9H2,1H3,(H,16,17). The predicted octanol–water partition coefficient (Wildman–Crippen LogP) is 2.41. The molecule has 0 radical (unpaired) electrons. The van der Waals surface area contributed by atoms with E-state index in [2.05, 4.69) is 16.8 Å². The molecule has 1 atom stereocenters. The van der Waals surface area contributed by atoms with Crippen molar-refractivity contribution in [3.05, 3.63) is 24.0 Å². The van der Waals surface area contributed by atoms with Gasteiger partial charge in [-0.05, 0) is 24.8 Å². The van der Waals surface area contributed by atoms with Gasteiger partial charge in [0.25, 0.3) is 0 Å². The minimum atomic E-state index is -0.874. The first-order valence-corrected chi connectivity index (χ1v) is 6.14. The third-order valence-electron chi connectivity index (χ3n) is 3.47. The number of hydrogen-bond acceptors (Lipinski definition) is 3. The molecule has 1 aliphatic heterocycles. The van der Waals surface area contributed by atoms with Crippen LogP contribution in [-0.2, 0) is 0 Å². The molecule has 1 saturated heterocycles. The maximum atomic E-state index is 11.2. The molecular weight excluding hydrogens is 216 g/mol. The van der Waals surface area contributed by atoms with Crippen molar-refractivity contribution in [3.8, 4) is 0 Å². The van der Waals surface area contributed by atoms with E-state index in [0.717, 1.165) is 31.6 Å². The number of carboxylic acid groups (broad SMARTS) is 1. The molecule has 0 aromatic carbocycles. The number of aromatic nitrogens is 1. The van der Waals surface area contributed by atoms with E-state index in [9.17, 15) is 4.79 Å². The van der Waals surface area contributed by atoms with E-state index in [-0.39, 0.29) is 0 Å². The molecule has 0 aliphatic carbocycles. The highest BCUT2D eigenvalue weighted by Gasteiger charge is 2.22. The Labute approximate surface area is 101 Å². The molecule has 17 heavy (non-hydrogen) atoms. The van der Waals surface area contributed by atoms with Gasteiger partial charge in [-0.15, -0.1) is 0 Å². The Hall–Kier alpha value is -1.58. The van der Waals surface area contributed by atoms with Crippen LogP contribution in [0.1, 0.15) is 36.5 Å². The van der Waals surface area contributed by atoms with Gasteiger partial charge in [0.2, 0.25) is 0 Å². The molecule has 1 aliphatic rings. The molecule has 1 aromatic rings. The molecule has 1 N–H and O–H groups in total. The van der Waals surface area contributed by atoms with Crippen LogP contribution in [0.2, 0.25) is 0 Å². The second-order valence-corrected chi connectivity index (χ2v) is 4.56. The molecule has 0 spiro atoms. The molecule has 0 bridgehead atoms. The third kappa shape index (κ3) is 2.57. The minimum Gasteiger partial charge on any atom is -0.478 e. The number of nitrogens with zero attached hydrogens (tertiary/aromatic N) is 2. The van der Waals surface area contributed by atoms with Gasteiger partial charge in [0.1, 0.15) is 0 Å². The summed E-state index contributed by atoms with van der Waals surface area (Å²) in [7, 11) is 0. The van der Waals surface area contributed by atoms with Gasteiger partial charge in [0, 0.05) is 19.3 Å². The maximum Gasteiger partial charge on any atom is 0.337 e. The molecule has 0 amide bonds. The van der Waals surface area contributed by atoms with Crippen molar-refractivity contribution in [1.82, 2.24) is 4.98 Å². The molecule has 1 fully saturated rings. The summed E-state index contributed by atoms with van der Waals surface area (Å²) in [6.45, 7) is 4.07. The lowest BCUT2D eigenvalue weighted by Crippen LogP contribution is -2.36. The largest absolute Gasteiger partial charge is 0.478 e. The van der Waals surface area contributed by atoms with Crippen LogP contribution >= 0.6 is 0 Å². The minimum absolute atomic E-state index is 0.358. The van der Waals surface area contributed by atoms with Gasteiger partial charge in [-0.1, -0.05) is 13.3 Å². The first-order valence-electron chi connectivity index (χ1n) is 6.14. The van der Waals surface area contributed by atoms with Crippen molar-refractivity contribution in [2.75, 3.05) is 18.0 Å². The Morgan fingerprint density at radius 1 is 1.65 bits per heavy atom. The quantitative estimate of drug-likeness (QED) is 0.872. The Bertz CT molecular complexity index is 406. The van der Waals surface area contributed by atoms with Gasteiger partial charge in [-0.2, -0.15) is 0 Å². The number of pyridine rings is 1. The summed E-state index contributed by atoms with van der Waals surface area (Å²) in [5.74, 6) is -0.202. The highest BCUT2D eigenvalue weighted by Crippen LogP contribution is 2.26. The first kappa shape index (κ1) is 11.9. The molecule has 4 heteroatoms. The van der Waals surface area contributed by atoms with Crippen LogP contribution in [0.4, 0.5) is 5.69 Å². The van der Waals surface area contributed by atoms with Crippen LogP contribution in [-0.4, -0.2) is 29.1 Å². The topological polar surface area (TPSA) is 53.4 Å². The van der Waals surface area contributed by atoms with Crippen LogP contribution in [0.25, 0.3) is 0 Å². The van der Waals surface area contributed by atoms with Crippen LogP contribution in [0.15, 0.2) is 18.5 Å². The van der Waals surface area contributed by atoms with Crippen LogP contribution in [0.5, 0.6) is 0 Å². The molecule has 2 heterocycles. The molecular formula is C13H18N2O2. The molecule has 0 saturated carbocycles. The first-order chi connectivity index (χ1) is 8.22.